The zero-order valence-electron chi connectivity index (χ0n) is 12.3. The Hall–Kier alpha value is -2.54. The van der Waals surface area contributed by atoms with E-state index in [0.29, 0.717) is 17.1 Å². The maximum absolute atomic E-state index is 11.9. The van der Waals surface area contributed by atoms with Gasteiger partial charge in [0, 0.05) is 10.0 Å². The minimum absolute atomic E-state index is 0.251. The summed E-state index contributed by atoms with van der Waals surface area (Å²) in [5.41, 5.74) is 5.03. The largest absolute Gasteiger partial charge is 0.493 e. The number of carbonyl (C=O) groups is 2. The van der Waals surface area contributed by atoms with Gasteiger partial charge in [-0.25, -0.2) is 0 Å². The molecule has 7 heteroatoms. The van der Waals surface area contributed by atoms with Gasteiger partial charge in [-0.2, -0.15) is 0 Å². The van der Waals surface area contributed by atoms with Crippen molar-refractivity contribution in [1.82, 2.24) is 10.9 Å². The highest BCUT2D eigenvalue weighted by atomic mass is 79.9. The molecule has 0 aliphatic rings. The van der Waals surface area contributed by atoms with Crippen LogP contribution < -0.4 is 20.3 Å². The van der Waals surface area contributed by atoms with E-state index >= 15 is 0 Å². The molecular weight excluding hydrogens is 364 g/mol. The Morgan fingerprint density at radius 2 is 1.78 bits per heavy atom. The zero-order valence-corrected chi connectivity index (χ0v) is 13.9. The summed E-state index contributed by atoms with van der Waals surface area (Å²) in [6.45, 7) is -0.251. The van der Waals surface area contributed by atoms with Crippen LogP contribution in [-0.2, 0) is 4.79 Å². The maximum Gasteiger partial charge on any atom is 0.276 e. The molecule has 0 aliphatic heterocycles. The van der Waals surface area contributed by atoms with E-state index in [1.54, 1.807) is 48.5 Å². The van der Waals surface area contributed by atoms with Gasteiger partial charge < -0.3 is 9.47 Å². The number of ether oxygens (including phenoxy) is 2. The number of carbonyl (C=O) groups excluding carboxylic acids is 2. The van der Waals surface area contributed by atoms with Crippen LogP contribution in [0, 0.1) is 0 Å². The Morgan fingerprint density at radius 1 is 1.04 bits per heavy atom. The van der Waals surface area contributed by atoms with Crippen molar-refractivity contribution >= 4 is 27.7 Å². The van der Waals surface area contributed by atoms with Gasteiger partial charge in [-0.05, 0) is 30.3 Å². The molecule has 0 heterocycles. The molecule has 0 aliphatic carbocycles. The first-order chi connectivity index (χ1) is 11.1. The number of halogens is 1. The average molecular weight is 379 g/mol. The lowest BCUT2D eigenvalue weighted by atomic mass is 10.2. The van der Waals surface area contributed by atoms with Crippen LogP contribution in [0.5, 0.6) is 11.5 Å². The molecule has 2 amide bonds. The van der Waals surface area contributed by atoms with Gasteiger partial charge in [0.25, 0.3) is 11.8 Å². The van der Waals surface area contributed by atoms with E-state index in [0.717, 1.165) is 4.47 Å². The van der Waals surface area contributed by atoms with Crippen molar-refractivity contribution in [2.75, 3.05) is 13.7 Å². The van der Waals surface area contributed by atoms with Crippen molar-refractivity contribution in [1.29, 1.82) is 0 Å². The second kappa shape index (κ2) is 8.19. The van der Waals surface area contributed by atoms with E-state index in [2.05, 4.69) is 26.8 Å². The van der Waals surface area contributed by atoms with Crippen LogP contribution in [0.25, 0.3) is 0 Å². The fourth-order valence-electron chi connectivity index (χ4n) is 1.75. The van der Waals surface area contributed by atoms with Gasteiger partial charge in [0.2, 0.25) is 0 Å². The lowest BCUT2D eigenvalue weighted by Gasteiger charge is -2.11. The summed E-state index contributed by atoms with van der Waals surface area (Å²) in [5, 5.41) is 0. The molecule has 23 heavy (non-hydrogen) atoms. The number of nitrogens with one attached hydrogen (secondary N) is 2. The second-order valence-corrected chi connectivity index (χ2v) is 5.37. The average Bonchev–Trinajstić information content (AvgIpc) is 2.58. The Balaban J connectivity index is 1.82. The third-order valence-corrected chi connectivity index (χ3v) is 3.32. The van der Waals surface area contributed by atoms with E-state index in [-0.39, 0.29) is 6.61 Å². The number of methoxy groups -OCH3 is 1. The number of hydrogen-bond acceptors (Lipinski definition) is 4. The van der Waals surface area contributed by atoms with Gasteiger partial charge in [0.05, 0.1) is 7.11 Å². The van der Waals surface area contributed by atoms with Crippen molar-refractivity contribution in [2.45, 2.75) is 0 Å². The number of hydrogen-bond donors (Lipinski definition) is 2. The minimum Gasteiger partial charge on any atom is -0.493 e. The Kier molecular flexibility index (Phi) is 5.99. The van der Waals surface area contributed by atoms with E-state index in [4.69, 9.17) is 9.47 Å². The number of rotatable bonds is 5. The molecule has 120 valence electrons. The predicted octanol–water partition coefficient (Wildman–Crippen LogP) is 2.30. The molecule has 0 saturated carbocycles. The second-order valence-electron chi connectivity index (χ2n) is 4.45. The highest BCUT2D eigenvalue weighted by Gasteiger charge is 2.09. The lowest BCUT2D eigenvalue weighted by Crippen LogP contribution is -2.43. The van der Waals surface area contributed by atoms with Crippen molar-refractivity contribution in [2.24, 2.45) is 0 Å². The fourth-order valence-corrected chi connectivity index (χ4v) is 2.15. The highest BCUT2D eigenvalue weighted by Crippen LogP contribution is 2.25. The standard InChI is InChI=1S/C16H15BrN2O4/c1-22-13-7-2-3-8-14(13)23-10-15(20)18-19-16(21)11-5-4-6-12(17)9-11/h2-9H,10H2,1H3,(H,18,20)(H,19,21). The molecule has 0 aromatic heterocycles. The summed E-state index contributed by atoms with van der Waals surface area (Å²) in [7, 11) is 1.51. The van der Waals surface area contributed by atoms with Crippen LogP contribution in [-0.4, -0.2) is 25.5 Å². The van der Waals surface area contributed by atoms with E-state index in [1.165, 1.54) is 7.11 Å². The maximum atomic E-state index is 11.9. The minimum atomic E-state index is -0.487. The molecule has 0 spiro atoms. The number of benzene rings is 2. The summed E-state index contributed by atoms with van der Waals surface area (Å²) < 4.78 is 11.2. The topological polar surface area (TPSA) is 76.7 Å². The lowest BCUT2D eigenvalue weighted by molar-refractivity contribution is -0.123. The van der Waals surface area contributed by atoms with E-state index < -0.39 is 11.8 Å². The molecule has 2 aromatic rings. The smallest absolute Gasteiger partial charge is 0.276 e. The molecule has 0 saturated heterocycles. The molecular formula is C16H15BrN2O4. The molecule has 2 N–H and O–H groups in total. The van der Waals surface area contributed by atoms with Gasteiger partial charge in [0.1, 0.15) is 0 Å². The molecule has 0 bridgehead atoms. The van der Waals surface area contributed by atoms with Crippen molar-refractivity contribution in [3.63, 3.8) is 0 Å². The summed E-state index contributed by atoms with van der Waals surface area (Å²) in [6, 6.07) is 13.8. The summed E-state index contributed by atoms with van der Waals surface area (Å²) in [6.07, 6.45) is 0. The SMILES string of the molecule is COc1ccccc1OCC(=O)NNC(=O)c1cccc(Br)c1. The quantitative estimate of drug-likeness (QED) is 0.782. The molecule has 0 atom stereocenters. The molecule has 0 unspecified atom stereocenters. The van der Waals surface area contributed by atoms with Crippen LogP contribution in [0.3, 0.4) is 0 Å². The molecule has 0 radical (unpaired) electrons. The normalized spacial score (nSPS) is 9.83. The third kappa shape index (κ3) is 5.00. The van der Waals surface area contributed by atoms with E-state index in [9.17, 15) is 9.59 Å². The molecule has 0 fully saturated rings. The van der Waals surface area contributed by atoms with Crippen LogP contribution >= 0.6 is 15.9 Å². The van der Waals surface area contributed by atoms with Gasteiger partial charge in [-0.15, -0.1) is 0 Å². The zero-order chi connectivity index (χ0) is 16.7. The van der Waals surface area contributed by atoms with Crippen LogP contribution in [0.4, 0.5) is 0 Å². The van der Waals surface area contributed by atoms with Crippen LogP contribution in [0.1, 0.15) is 10.4 Å². The molecule has 2 rings (SSSR count). The molecule has 6 nitrogen and oxygen atoms in total. The first-order valence-electron chi connectivity index (χ1n) is 6.70. The monoisotopic (exact) mass is 378 g/mol. The summed E-state index contributed by atoms with van der Waals surface area (Å²) >= 11 is 3.28. The number of hydrazine groups is 1. The van der Waals surface area contributed by atoms with E-state index in [1.807, 2.05) is 0 Å². The van der Waals surface area contributed by atoms with Crippen LogP contribution in [0.2, 0.25) is 0 Å². The van der Waals surface area contributed by atoms with Crippen LogP contribution in [0.15, 0.2) is 53.0 Å². The third-order valence-electron chi connectivity index (χ3n) is 2.83. The van der Waals surface area contributed by atoms with Crippen molar-refractivity contribution < 1.29 is 19.1 Å². The van der Waals surface area contributed by atoms with Gasteiger partial charge in [-0.3, -0.25) is 20.4 Å². The Bertz CT molecular complexity index is 706. The summed E-state index contributed by atoms with van der Waals surface area (Å²) in [5.74, 6) is 0.0677. The van der Waals surface area contributed by atoms with Crippen molar-refractivity contribution in [3.05, 3.63) is 58.6 Å². The first kappa shape index (κ1) is 16.8. The Morgan fingerprint density at radius 3 is 2.48 bits per heavy atom. The number of amides is 2. The Labute approximate surface area is 141 Å². The molecule has 2 aromatic carbocycles. The fraction of sp³-hybridized carbons (Fsp3) is 0.125. The first-order valence-corrected chi connectivity index (χ1v) is 7.50. The van der Waals surface area contributed by atoms with Gasteiger partial charge in [-0.1, -0.05) is 34.1 Å². The predicted molar refractivity (Wildman–Crippen MR) is 88.2 cm³/mol. The van der Waals surface area contributed by atoms with Gasteiger partial charge in [0.15, 0.2) is 18.1 Å². The van der Waals surface area contributed by atoms with Crippen molar-refractivity contribution in [3.8, 4) is 11.5 Å². The highest BCUT2D eigenvalue weighted by molar-refractivity contribution is 9.10. The number of para-hydroxylation sites is 2. The van der Waals surface area contributed by atoms with Gasteiger partial charge >= 0.3 is 0 Å². The summed E-state index contributed by atoms with van der Waals surface area (Å²) in [4.78, 5) is 23.6.